The number of likely N-dealkylation sites (tertiary alicyclic amines) is 1. The van der Waals surface area contributed by atoms with Crippen molar-refractivity contribution in [1.29, 1.82) is 0 Å². The van der Waals surface area contributed by atoms with Gasteiger partial charge in [-0.25, -0.2) is 0 Å². The van der Waals surface area contributed by atoms with Gasteiger partial charge in [-0.3, -0.25) is 9.59 Å². The zero-order valence-electron chi connectivity index (χ0n) is 17.6. The molecule has 2 aromatic rings. The predicted octanol–water partition coefficient (Wildman–Crippen LogP) is 3.43. The zero-order valence-corrected chi connectivity index (χ0v) is 18.4. The Morgan fingerprint density at radius 1 is 1.16 bits per heavy atom. The quantitative estimate of drug-likeness (QED) is 0.386. The van der Waals surface area contributed by atoms with Crippen molar-refractivity contribution in [3.8, 4) is 11.5 Å². The van der Waals surface area contributed by atoms with Crippen LogP contribution in [0, 0.1) is 0 Å². The highest BCUT2D eigenvalue weighted by atomic mass is 35.5. The summed E-state index contributed by atoms with van der Waals surface area (Å²) in [6.45, 7) is 2.93. The summed E-state index contributed by atoms with van der Waals surface area (Å²) in [7, 11) is 3.74. The Labute approximate surface area is 186 Å². The molecule has 1 amide bonds. The fourth-order valence-electron chi connectivity index (χ4n) is 3.50. The highest BCUT2D eigenvalue weighted by Gasteiger charge is 2.46. The number of rotatable bonds is 7. The molecule has 1 heterocycles. The second kappa shape index (κ2) is 9.41. The molecule has 1 fully saturated rings. The summed E-state index contributed by atoms with van der Waals surface area (Å²) in [6.07, 6.45) is 0. The molecule has 3 rings (SSSR count). The van der Waals surface area contributed by atoms with Crippen molar-refractivity contribution in [3.05, 3.63) is 64.2 Å². The Morgan fingerprint density at radius 3 is 2.45 bits per heavy atom. The second-order valence-electron chi connectivity index (χ2n) is 7.46. The smallest absolute Gasteiger partial charge is 0.295 e. The summed E-state index contributed by atoms with van der Waals surface area (Å²) >= 11 is 5.94. The fourth-order valence-corrected chi connectivity index (χ4v) is 3.63. The number of nitrogens with zero attached hydrogens (tertiary/aromatic N) is 2. The lowest BCUT2D eigenvalue weighted by atomic mass is 9.95. The maximum atomic E-state index is 13.0. The molecule has 0 bridgehead atoms. The van der Waals surface area contributed by atoms with Crippen LogP contribution < -0.4 is 4.74 Å². The van der Waals surface area contributed by atoms with Crippen LogP contribution in [0.25, 0.3) is 5.76 Å². The zero-order chi connectivity index (χ0) is 22.7. The molecule has 1 unspecified atom stereocenters. The van der Waals surface area contributed by atoms with E-state index in [1.54, 1.807) is 43.3 Å². The largest absolute Gasteiger partial charge is 0.507 e. The highest BCUT2D eigenvalue weighted by molar-refractivity contribution is 6.46. The van der Waals surface area contributed by atoms with Crippen LogP contribution in [0.5, 0.6) is 11.5 Å². The van der Waals surface area contributed by atoms with Crippen LogP contribution in [-0.4, -0.2) is 65.5 Å². The summed E-state index contributed by atoms with van der Waals surface area (Å²) in [5.74, 6) is -1.53. The summed E-state index contributed by atoms with van der Waals surface area (Å²) in [5.41, 5.74) is 0.915. The van der Waals surface area contributed by atoms with Crippen molar-refractivity contribution in [2.45, 2.75) is 13.0 Å². The van der Waals surface area contributed by atoms with Gasteiger partial charge in [0.05, 0.1) is 18.2 Å². The van der Waals surface area contributed by atoms with E-state index in [0.717, 1.165) is 0 Å². The third-order valence-electron chi connectivity index (χ3n) is 5.05. The average molecular weight is 445 g/mol. The number of benzene rings is 2. The monoisotopic (exact) mass is 444 g/mol. The van der Waals surface area contributed by atoms with Gasteiger partial charge in [0.25, 0.3) is 11.7 Å². The van der Waals surface area contributed by atoms with Gasteiger partial charge in [0, 0.05) is 23.7 Å². The molecule has 0 spiro atoms. The number of carbonyl (C=O) groups excluding carboxylic acids is 2. The molecule has 1 saturated heterocycles. The SMILES string of the molecule is CCOc1cc(C2/C(=C(/O)c3ccc(Cl)cc3)C(=O)C(=O)N2CCN(C)C)ccc1O. The molecule has 1 atom stereocenters. The van der Waals surface area contributed by atoms with Crippen molar-refractivity contribution in [1.82, 2.24) is 9.80 Å². The number of phenolic OH excluding ortho intramolecular Hbond substituents is 1. The third kappa shape index (κ3) is 4.68. The molecule has 2 aromatic carbocycles. The Morgan fingerprint density at radius 2 is 1.84 bits per heavy atom. The van der Waals surface area contributed by atoms with Crippen LogP contribution in [0.4, 0.5) is 0 Å². The van der Waals surface area contributed by atoms with Crippen molar-refractivity contribution in [3.63, 3.8) is 0 Å². The molecule has 2 N–H and O–H groups in total. The van der Waals surface area contributed by atoms with Crippen molar-refractivity contribution in [2.75, 3.05) is 33.8 Å². The first-order valence-electron chi connectivity index (χ1n) is 9.89. The lowest BCUT2D eigenvalue weighted by Crippen LogP contribution is -2.35. The van der Waals surface area contributed by atoms with Gasteiger partial charge in [-0.1, -0.05) is 17.7 Å². The first kappa shape index (κ1) is 22.7. The van der Waals surface area contributed by atoms with E-state index in [0.29, 0.717) is 29.3 Å². The molecule has 164 valence electrons. The number of aliphatic hydroxyl groups is 1. The van der Waals surface area contributed by atoms with Crippen LogP contribution in [0.2, 0.25) is 5.02 Å². The number of phenols is 1. The van der Waals surface area contributed by atoms with E-state index < -0.39 is 17.7 Å². The van der Waals surface area contributed by atoms with Crippen LogP contribution in [0.15, 0.2) is 48.0 Å². The Balaban J connectivity index is 2.17. The molecule has 1 aliphatic heterocycles. The van der Waals surface area contributed by atoms with Gasteiger partial charge in [0.2, 0.25) is 0 Å². The van der Waals surface area contributed by atoms with E-state index in [2.05, 4.69) is 0 Å². The number of carbonyl (C=O) groups is 2. The molecule has 0 saturated carbocycles. The number of hydrogen-bond donors (Lipinski definition) is 2. The maximum absolute atomic E-state index is 13.0. The fraction of sp³-hybridized carbons (Fsp3) is 0.304. The molecule has 0 aliphatic carbocycles. The highest BCUT2D eigenvalue weighted by Crippen LogP contribution is 2.41. The third-order valence-corrected chi connectivity index (χ3v) is 5.30. The van der Waals surface area contributed by atoms with Gasteiger partial charge < -0.3 is 24.7 Å². The first-order valence-corrected chi connectivity index (χ1v) is 10.3. The van der Waals surface area contributed by atoms with E-state index in [-0.39, 0.29) is 29.4 Å². The second-order valence-corrected chi connectivity index (χ2v) is 7.90. The van der Waals surface area contributed by atoms with Gasteiger partial charge in [-0.2, -0.15) is 0 Å². The van der Waals surface area contributed by atoms with Gasteiger partial charge in [-0.05, 0) is 63.0 Å². The molecular weight excluding hydrogens is 420 g/mol. The topological polar surface area (TPSA) is 90.3 Å². The number of halogens is 1. The van der Waals surface area contributed by atoms with Gasteiger partial charge >= 0.3 is 0 Å². The molecule has 31 heavy (non-hydrogen) atoms. The number of hydrogen-bond acceptors (Lipinski definition) is 6. The molecular formula is C23H25ClN2O5. The minimum atomic E-state index is -0.824. The molecule has 8 heteroatoms. The Kier molecular flexibility index (Phi) is 6.87. The Hall–Kier alpha value is -3.03. The molecule has 1 aliphatic rings. The van der Waals surface area contributed by atoms with E-state index in [4.69, 9.17) is 16.3 Å². The lowest BCUT2D eigenvalue weighted by molar-refractivity contribution is -0.140. The number of Topliss-reactive ketones (excluding diaryl/α,β-unsaturated/α-hetero) is 1. The number of aliphatic hydroxyl groups excluding tert-OH is 1. The maximum Gasteiger partial charge on any atom is 0.295 e. The number of ketones is 1. The van der Waals surface area contributed by atoms with E-state index in [1.165, 1.54) is 11.0 Å². The lowest BCUT2D eigenvalue weighted by Gasteiger charge is -2.27. The van der Waals surface area contributed by atoms with Crippen LogP contribution in [-0.2, 0) is 9.59 Å². The van der Waals surface area contributed by atoms with Gasteiger partial charge in [0.1, 0.15) is 5.76 Å². The van der Waals surface area contributed by atoms with Crippen LogP contribution >= 0.6 is 11.6 Å². The van der Waals surface area contributed by atoms with Crippen LogP contribution in [0.3, 0.4) is 0 Å². The summed E-state index contributed by atoms with van der Waals surface area (Å²) < 4.78 is 5.48. The predicted molar refractivity (Wildman–Crippen MR) is 118 cm³/mol. The van der Waals surface area contributed by atoms with E-state index >= 15 is 0 Å². The average Bonchev–Trinajstić information content (AvgIpc) is 2.98. The van der Waals surface area contributed by atoms with Gasteiger partial charge in [-0.15, -0.1) is 0 Å². The summed E-state index contributed by atoms with van der Waals surface area (Å²) in [5, 5.41) is 21.6. The molecule has 0 aromatic heterocycles. The minimum absolute atomic E-state index is 0.0146. The van der Waals surface area contributed by atoms with E-state index in [1.807, 2.05) is 19.0 Å². The summed E-state index contributed by atoms with van der Waals surface area (Å²) in [4.78, 5) is 29.2. The first-order chi connectivity index (χ1) is 14.7. The van der Waals surface area contributed by atoms with Crippen molar-refractivity contribution < 1.29 is 24.5 Å². The van der Waals surface area contributed by atoms with Crippen LogP contribution in [0.1, 0.15) is 24.1 Å². The van der Waals surface area contributed by atoms with Crippen molar-refractivity contribution in [2.24, 2.45) is 0 Å². The number of ether oxygens (including phenoxy) is 1. The van der Waals surface area contributed by atoms with Crippen molar-refractivity contribution >= 4 is 29.1 Å². The summed E-state index contributed by atoms with van der Waals surface area (Å²) in [6, 6.07) is 10.2. The standard InChI is InChI=1S/C23H25ClN2O5/c1-4-31-18-13-15(7-10-17(18)27)20-19(21(28)14-5-8-16(24)9-6-14)22(29)23(30)26(20)12-11-25(2)3/h5-10,13,20,27-28H,4,11-12H2,1-3H3/b21-19-. The Bertz CT molecular complexity index is 1020. The number of likely N-dealkylation sites (N-methyl/N-ethyl adjacent to an activating group) is 1. The molecule has 0 radical (unpaired) electrons. The normalized spacial score (nSPS) is 18.1. The van der Waals surface area contributed by atoms with E-state index in [9.17, 15) is 19.8 Å². The number of amides is 1. The van der Waals surface area contributed by atoms with Gasteiger partial charge in [0.15, 0.2) is 11.5 Å². The number of aromatic hydroxyl groups is 1. The molecule has 7 nitrogen and oxygen atoms in total. The minimum Gasteiger partial charge on any atom is -0.507 e.